The Hall–Kier alpha value is -1.35. The molecule has 1 heterocycles. The first-order valence-corrected chi connectivity index (χ1v) is 9.87. The Morgan fingerprint density at radius 1 is 1.11 bits per heavy atom. The monoisotopic (exact) mass is 535 g/mol. The Bertz CT molecular complexity index is 1020. The first kappa shape index (κ1) is 24.7. The molecule has 0 radical (unpaired) electrons. The van der Waals surface area contributed by atoms with E-state index in [1.807, 2.05) is 30.3 Å². The van der Waals surface area contributed by atoms with Crippen molar-refractivity contribution < 1.29 is 4.79 Å². The van der Waals surface area contributed by atoms with Gasteiger partial charge in [-0.25, -0.2) is 0 Å². The molecule has 1 amide bonds. The second kappa shape index (κ2) is 11.0. The van der Waals surface area contributed by atoms with E-state index in [0.717, 1.165) is 28.7 Å². The van der Waals surface area contributed by atoms with E-state index in [1.165, 1.54) is 0 Å². The van der Waals surface area contributed by atoms with Crippen molar-refractivity contribution in [3.8, 4) is 0 Å². The van der Waals surface area contributed by atoms with E-state index in [-0.39, 0.29) is 36.2 Å². The minimum absolute atomic E-state index is 0. The van der Waals surface area contributed by atoms with E-state index in [4.69, 9.17) is 0 Å². The number of halogens is 3. The number of rotatable bonds is 6. The number of likely N-dealkylation sites (N-methyl/N-ethyl adjacent to an activating group) is 1. The third kappa shape index (κ3) is 5.17. The van der Waals surface area contributed by atoms with Crippen LogP contribution in [0.4, 0.5) is 0 Å². The van der Waals surface area contributed by atoms with Crippen LogP contribution in [0.1, 0.15) is 24.2 Å². The van der Waals surface area contributed by atoms with Gasteiger partial charge in [-0.05, 0) is 59.9 Å². The van der Waals surface area contributed by atoms with Gasteiger partial charge >= 0.3 is 0 Å². The normalized spacial score (nSPS) is 10.6. The summed E-state index contributed by atoms with van der Waals surface area (Å²) in [5.74, 6) is -0.161. The van der Waals surface area contributed by atoms with Crippen LogP contribution >= 0.6 is 47.4 Å². The van der Waals surface area contributed by atoms with Gasteiger partial charge in [0.1, 0.15) is 0 Å². The average molecular weight is 536 g/mol. The number of amides is 1. The second-order valence-corrected chi connectivity index (χ2v) is 7.40. The van der Waals surface area contributed by atoms with E-state index in [0.29, 0.717) is 28.4 Å². The predicted octanol–water partition coefficient (Wildman–Crippen LogP) is 4.20. The molecule has 0 aliphatic carbocycles. The predicted molar refractivity (Wildman–Crippen MR) is 129 cm³/mol. The van der Waals surface area contributed by atoms with Gasteiger partial charge in [0.25, 0.3) is 5.91 Å². The van der Waals surface area contributed by atoms with Gasteiger partial charge in [0, 0.05) is 32.9 Å². The highest BCUT2D eigenvalue weighted by molar-refractivity contribution is 14.1. The van der Waals surface area contributed by atoms with Crippen LogP contribution in [0.25, 0.3) is 21.8 Å². The molecule has 0 spiro atoms. The number of hydrogen-bond donors (Lipinski definition) is 2. The summed E-state index contributed by atoms with van der Waals surface area (Å²) in [6.07, 6.45) is 0. The molecule has 1 aromatic heterocycles. The zero-order valence-electron chi connectivity index (χ0n) is 15.8. The maximum atomic E-state index is 12.8. The minimum Gasteiger partial charge on any atom is -0.354 e. The van der Waals surface area contributed by atoms with E-state index >= 15 is 0 Å². The van der Waals surface area contributed by atoms with Crippen molar-refractivity contribution in [1.82, 2.24) is 15.2 Å². The number of H-pyrrole nitrogens is 1. The van der Waals surface area contributed by atoms with Gasteiger partial charge in [-0.15, -0.1) is 24.8 Å². The summed E-state index contributed by atoms with van der Waals surface area (Å²) in [5, 5.41) is 4.16. The first-order valence-electron chi connectivity index (χ1n) is 8.80. The van der Waals surface area contributed by atoms with E-state index in [2.05, 4.69) is 51.6 Å². The maximum Gasteiger partial charge on any atom is 0.253 e. The van der Waals surface area contributed by atoms with Gasteiger partial charge in [-0.3, -0.25) is 9.59 Å². The van der Waals surface area contributed by atoms with Gasteiger partial charge in [0.15, 0.2) is 5.43 Å². The molecular formula is C20H24Cl2IN3O2. The van der Waals surface area contributed by atoms with Crippen LogP contribution in [0.5, 0.6) is 0 Å². The number of nitrogens with zero attached hydrogens (tertiary/aromatic N) is 1. The van der Waals surface area contributed by atoms with Gasteiger partial charge in [-0.2, -0.15) is 0 Å². The number of para-hydroxylation sites is 1. The quantitative estimate of drug-likeness (QED) is 0.367. The Balaban J connectivity index is 0.00000196. The maximum absolute atomic E-state index is 12.8. The van der Waals surface area contributed by atoms with E-state index in [1.54, 1.807) is 6.07 Å². The lowest BCUT2D eigenvalue weighted by atomic mass is 10.1. The number of nitrogens with one attached hydrogen (secondary N) is 2. The fourth-order valence-electron chi connectivity index (χ4n) is 3.13. The van der Waals surface area contributed by atoms with Crippen molar-refractivity contribution in [2.45, 2.75) is 13.8 Å². The highest BCUT2D eigenvalue weighted by atomic mass is 127. The van der Waals surface area contributed by atoms with Gasteiger partial charge in [0.2, 0.25) is 0 Å². The van der Waals surface area contributed by atoms with Crippen LogP contribution in [0, 0.1) is 3.57 Å². The molecule has 0 atom stereocenters. The third-order valence-corrected chi connectivity index (χ3v) is 5.25. The van der Waals surface area contributed by atoms with Crippen molar-refractivity contribution in [3.05, 3.63) is 55.8 Å². The highest BCUT2D eigenvalue weighted by Crippen LogP contribution is 2.21. The molecule has 0 fully saturated rings. The number of pyridine rings is 1. The molecule has 8 heteroatoms. The topological polar surface area (TPSA) is 65.2 Å². The summed E-state index contributed by atoms with van der Waals surface area (Å²) in [5.41, 5.74) is 1.79. The first-order chi connectivity index (χ1) is 12.5. The molecule has 0 aliphatic rings. The molecule has 2 N–H and O–H groups in total. The lowest BCUT2D eigenvalue weighted by Crippen LogP contribution is -2.35. The zero-order valence-corrected chi connectivity index (χ0v) is 19.5. The summed E-state index contributed by atoms with van der Waals surface area (Å²) in [4.78, 5) is 31.1. The third-order valence-electron chi connectivity index (χ3n) is 4.63. The molecule has 0 saturated carbocycles. The smallest absolute Gasteiger partial charge is 0.253 e. The van der Waals surface area contributed by atoms with Crippen LogP contribution in [0.2, 0.25) is 0 Å². The fraction of sp³-hybridized carbons (Fsp3) is 0.300. The summed E-state index contributed by atoms with van der Waals surface area (Å²) in [6.45, 7) is 7.50. The lowest BCUT2D eigenvalue weighted by molar-refractivity contribution is 0.0950. The number of aromatic nitrogens is 1. The molecule has 28 heavy (non-hydrogen) atoms. The van der Waals surface area contributed by atoms with E-state index < -0.39 is 0 Å². The van der Waals surface area contributed by atoms with Crippen molar-refractivity contribution in [1.29, 1.82) is 0 Å². The van der Waals surface area contributed by atoms with Crippen LogP contribution in [-0.4, -0.2) is 42.0 Å². The molecular weight excluding hydrogens is 512 g/mol. The summed E-state index contributed by atoms with van der Waals surface area (Å²) >= 11 is 2.15. The highest BCUT2D eigenvalue weighted by Gasteiger charge is 2.15. The SMILES string of the molecule is CCN(CC)CCNC(=O)c1cc(I)cc2c(=O)c3ccccc3[nH]c12.Cl.Cl. The number of carbonyl (C=O) groups is 1. The number of fused-ring (bicyclic) bond motifs is 2. The van der Waals surface area contributed by atoms with Crippen molar-refractivity contribution >= 4 is 75.1 Å². The number of carbonyl (C=O) groups excluding carboxylic acids is 1. The van der Waals surface area contributed by atoms with Gasteiger partial charge in [-0.1, -0.05) is 26.0 Å². The Morgan fingerprint density at radius 3 is 2.46 bits per heavy atom. The largest absolute Gasteiger partial charge is 0.354 e. The Morgan fingerprint density at radius 2 is 1.79 bits per heavy atom. The second-order valence-electron chi connectivity index (χ2n) is 6.16. The van der Waals surface area contributed by atoms with Crippen LogP contribution < -0.4 is 10.7 Å². The molecule has 152 valence electrons. The van der Waals surface area contributed by atoms with Gasteiger partial charge in [0.05, 0.1) is 11.1 Å². The minimum atomic E-state index is -0.161. The molecule has 0 aliphatic heterocycles. The van der Waals surface area contributed by atoms with E-state index in [9.17, 15) is 9.59 Å². The lowest BCUT2D eigenvalue weighted by Gasteiger charge is -2.18. The molecule has 0 saturated heterocycles. The molecule has 5 nitrogen and oxygen atoms in total. The molecule has 0 bridgehead atoms. The van der Waals surface area contributed by atoms with Crippen LogP contribution in [0.15, 0.2) is 41.2 Å². The number of hydrogen-bond acceptors (Lipinski definition) is 3. The van der Waals surface area contributed by atoms with Crippen molar-refractivity contribution in [3.63, 3.8) is 0 Å². The van der Waals surface area contributed by atoms with Crippen molar-refractivity contribution in [2.24, 2.45) is 0 Å². The fourth-order valence-corrected chi connectivity index (χ4v) is 3.75. The van der Waals surface area contributed by atoms with Crippen molar-refractivity contribution in [2.75, 3.05) is 26.2 Å². The average Bonchev–Trinajstić information content (AvgIpc) is 2.65. The number of aromatic amines is 1. The summed E-state index contributed by atoms with van der Waals surface area (Å²) < 4.78 is 0.866. The zero-order chi connectivity index (χ0) is 18.7. The summed E-state index contributed by atoms with van der Waals surface area (Å²) in [7, 11) is 0. The molecule has 0 unspecified atom stereocenters. The molecule has 3 rings (SSSR count). The Kier molecular flexibility index (Phi) is 9.69. The number of benzene rings is 2. The molecule has 3 aromatic rings. The van der Waals surface area contributed by atoms with Gasteiger partial charge < -0.3 is 15.2 Å². The van der Waals surface area contributed by atoms with Crippen LogP contribution in [0.3, 0.4) is 0 Å². The Labute approximate surface area is 190 Å². The summed E-state index contributed by atoms with van der Waals surface area (Å²) in [6, 6.07) is 11.0. The van der Waals surface area contributed by atoms with Crippen LogP contribution in [-0.2, 0) is 0 Å². The standard InChI is InChI=1S/C20H22IN3O2.2ClH/c1-3-24(4-2)10-9-22-20(26)16-12-13(21)11-15-18(16)23-17-8-6-5-7-14(17)19(15)25;;/h5-8,11-12H,3-4,9-10H2,1-2H3,(H,22,26)(H,23,25);2*1H. The molecule has 2 aromatic carbocycles.